The number of nitrogens with two attached hydrogens (primary N) is 1. The number of carbonyl (C=O) groups excluding carboxylic acids is 1. The molecule has 3 nitrogen and oxygen atoms in total. The Hall–Kier alpha value is -1.35. The molecule has 1 fully saturated rings. The minimum Gasteiger partial charge on any atom is -0.327 e. The molecule has 2 N–H and O–H groups in total. The van der Waals surface area contributed by atoms with Crippen molar-refractivity contribution < 1.29 is 4.79 Å². The Morgan fingerprint density at radius 3 is 2.89 bits per heavy atom. The molecule has 0 aromatic heterocycles. The Balaban J connectivity index is 1.68. The van der Waals surface area contributed by atoms with Crippen LogP contribution in [0.1, 0.15) is 37.7 Å². The molecule has 1 amide bonds. The lowest BCUT2D eigenvalue weighted by Crippen LogP contribution is -2.38. The molecule has 1 saturated carbocycles. The maximum absolute atomic E-state index is 12.5. The summed E-state index contributed by atoms with van der Waals surface area (Å²) in [6, 6.07) is 8.45. The number of hydrogen-bond donors (Lipinski definition) is 1. The van der Waals surface area contributed by atoms with Gasteiger partial charge in [0.1, 0.15) is 0 Å². The highest BCUT2D eigenvalue weighted by Gasteiger charge is 2.29. The van der Waals surface area contributed by atoms with Crippen LogP contribution in [0, 0.1) is 5.92 Å². The van der Waals surface area contributed by atoms with E-state index >= 15 is 0 Å². The quantitative estimate of drug-likeness (QED) is 0.886. The third-order valence-electron chi connectivity index (χ3n) is 4.59. The normalized spacial score (nSPS) is 26.3. The minimum atomic E-state index is 0.218. The van der Waals surface area contributed by atoms with Gasteiger partial charge < -0.3 is 10.6 Å². The van der Waals surface area contributed by atoms with E-state index in [1.807, 2.05) is 17.0 Å². The second-order valence-corrected chi connectivity index (χ2v) is 5.84. The number of anilines is 1. The summed E-state index contributed by atoms with van der Waals surface area (Å²) in [5.41, 5.74) is 8.55. The van der Waals surface area contributed by atoms with E-state index in [1.165, 1.54) is 18.4 Å². The van der Waals surface area contributed by atoms with Crippen molar-refractivity contribution in [3.8, 4) is 0 Å². The second-order valence-electron chi connectivity index (χ2n) is 5.84. The zero-order chi connectivity index (χ0) is 13.2. The van der Waals surface area contributed by atoms with E-state index < -0.39 is 0 Å². The number of hydrogen-bond acceptors (Lipinski definition) is 2. The number of carbonyl (C=O) groups is 1. The molecule has 102 valence electrons. The first-order valence-electron chi connectivity index (χ1n) is 7.39. The smallest absolute Gasteiger partial charge is 0.227 e. The molecular weight excluding hydrogens is 236 g/mol. The molecule has 0 spiro atoms. The van der Waals surface area contributed by atoms with Crippen LogP contribution in [0.15, 0.2) is 24.3 Å². The standard InChI is InChI=1S/C16H22N2O/c17-14-7-3-1-6-13(14)11-16(19)18-10-9-12-5-2-4-8-15(12)18/h2,4-5,8,13-14H,1,3,6-7,9-11,17H2. The van der Waals surface area contributed by atoms with Crippen molar-refractivity contribution in [3.05, 3.63) is 29.8 Å². The summed E-state index contributed by atoms with van der Waals surface area (Å²) in [6.07, 6.45) is 6.24. The first-order chi connectivity index (χ1) is 9.25. The average Bonchev–Trinajstić information content (AvgIpc) is 2.85. The van der Waals surface area contributed by atoms with Gasteiger partial charge >= 0.3 is 0 Å². The summed E-state index contributed by atoms with van der Waals surface area (Å²) in [5.74, 6) is 0.640. The fourth-order valence-corrected chi connectivity index (χ4v) is 3.42. The van der Waals surface area contributed by atoms with Gasteiger partial charge in [0.2, 0.25) is 5.91 Å². The number of nitrogens with zero attached hydrogens (tertiary/aromatic N) is 1. The maximum Gasteiger partial charge on any atom is 0.227 e. The topological polar surface area (TPSA) is 46.3 Å². The van der Waals surface area contributed by atoms with Gasteiger partial charge in [0, 0.05) is 24.7 Å². The van der Waals surface area contributed by atoms with Gasteiger partial charge in [-0.25, -0.2) is 0 Å². The van der Waals surface area contributed by atoms with Crippen molar-refractivity contribution in [3.63, 3.8) is 0 Å². The summed E-state index contributed by atoms with van der Waals surface area (Å²) >= 11 is 0. The van der Waals surface area contributed by atoms with Crippen molar-refractivity contribution >= 4 is 11.6 Å². The van der Waals surface area contributed by atoms with Gasteiger partial charge in [-0.2, -0.15) is 0 Å². The molecular formula is C16H22N2O. The molecule has 0 saturated heterocycles. The van der Waals surface area contributed by atoms with Crippen LogP contribution in [-0.2, 0) is 11.2 Å². The molecule has 3 rings (SSSR count). The first-order valence-corrected chi connectivity index (χ1v) is 7.39. The molecule has 19 heavy (non-hydrogen) atoms. The van der Waals surface area contributed by atoms with Gasteiger partial charge in [0.15, 0.2) is 0 Å². The molecule has 0 bridgehead atoms. The van der Waals surface area contributed by atoms with E-state index in [4.69, 9.17) is 5.73 Å². The van der Waals surface area contributed by atoms with Gasteiger partial charge in [0.05, 0.1) is 0 Å². The predicted octanol–water partition coefficient (Wildman–Crippen LogP) is 2.48. The van der Waals surface area contributed by atoms with Crippen LogP contribution in [0.3, 0.4) is 0 Å². The van der Waals surface area contributed by atoms with E-state index in [0.29, 0.717) is 12.3 Å². The second kappa shape index (κ2) is 5.33. The molecule has 3 heteroatoms. The van der Waals surface area contributed by atoms with E-state index in [1.54, 1.807) is 0 Å². The van der Waals surface area contributed by atoms with Crippen molar-refractivity contribution in [1.29, 1.82) is 0 Å². The molecule has 2 atom stereocenters. The van der Waals surface area contributed by atoms with Crippen LogP contribution in [0.25, 0.3) is 0 Å². The van der Waals surface area contributed by atoms with E-state index in [0.717, 1.165) is 31.5 Å². The van der Waals surface area contributed by atoms with Crippen LogP contribution in [0.2, 0.25) is 0 Å². The third kappa shape index (κ3) is 2.52. The van der Waals surface area contributed by atoms with Crippen molar-refractivity contribution in [2.45, 2.75) is 44.6 Å². The predicted molar refractivity (Wildman–Crippen MR) is 77.0 cm³/mol. The molecule has 2 aliphatic rings. The molecule has 1 aliphatic heterocycles. The van der Waals surface area contributed by atoms with Crippen LogP contribution in [0.4, 0.5) is 5.69 Å². The lowest BCUT2D eigenvalue weighted by atomic mass is 9.83. The summed E-state index contributed by atoms with van der Waals surface area (Å²) < 4.78 is 0. The Kier molecular flexibility index (Phi) is 3.56. The van der Waals surface area contributed by atoms with Gasteiger partial charge in [-0.15, -0.1) is 0 Å². The van der Waals surface area contributed by atoms with Gasteiger partial charge in [-0.3, -0.25) is 4.79 Å². The molecule has 0 radical (unpaired) electrons. The zero-order valence-electron chi connectivity index (χ0n) is 11.3. The highest BCUT2D eigenvalue weighted by molar-refractivity contribution is 5.95. The third-order valence-corrected chi connectivity index (χ3v) is 4.59. The van der Waals surface area contributed by atoms with Crippen molar-refractivity contribution in [2.75, 3.05) is 11.4 Å². The number of rotatable bonds is 2. The SMILES string of the molecule is NC1CCCCC1CC(=O)N1CCc2ccccc21. The maximum atomic E-state index is 12.5. The first kappa shape index (κ1) is 12.7. The van der Waals surface area contributed by atoms with Crippen LogP contribution in [-0.4, -0.2) is 18.5 Å². The molecule has 1 heterocycles. The van der Waals surface area contributed by atoms with Crippen LogP contribution in [0.5, 0.6) is 0 Å². The summed E-state index contributed by atoms with van der Waals surface area (Å²) in [5, 5.41) is 0. The van der Waals surface area contributed by atoms with Gasteiger partial charge in [-0.1, -0.05) is 31.0 Å². The lowest BCUT2D eigenvalue weighted by Gasteiger charge is -2.29. The monoisotopic (exact) mass is 258 g/mol. The Morgan fingerprint density at radius 1 is 1.26 bits per heavy atom. The highest BCUT2D eigenvalue weighted by Crippen LogP contribution is 2.31. The van der Waals surface area contributed by atoms with Gasteiger partial charge in [-0.05, 0) is 36.8 Å². The fraction of sp³-hybridized carbons (Fsp3) is 0.562. The van der Waals surface area contributed by atoms with Crippen LogP contribution < -0.4 is 10.6 Å². The molecule has 1 aromatic carbocycles. The minimum absolute atomic E-state index is 0.218. The highest BCUT2D eigenvalue weighted by atomic mass is 16.2. The average molecular weight is 258 g/mol. The summed E-state index contributed by atoms with van der Waals surface area (Å²) in [6.45, 7) is 0.833. The van der Waals surface area contributed by atoms with E-state index in [-0.39, 0.29) is 11.9 Å². The van der Waals surface area contributed by atoms with Crippen LogP contribution >= 0.6 is 0 Å². The Labute approximate surface area is 114 Å². The Bertz CT molecular complexity index is 472. The number of fused-ring (bicyclic) bond motifs is 1. The summed E-state index contributed by atoms with van der Waals surface area (Å²) in [4.78, 5) is 14.4. The summed E-state index contributed by atoms with van der Waals surface area (Å²) in [7, 11) is 0. The van der Waals surface area contributed by atoms with E-state index in [2.05, 4.69) is 12.1 Å². The number of para-hydroxylation sites is 1. The lowest BCUT2D eigenvalue weighted by molar-refractivity contribution is -0.119. The fourth-order valence-electron chi connectivity index (χ4n) is 3.42. The van der Waals surface area contributed by atoms with E-state index in [9.17, 15) is 4.79 Å². The Morgan fingerprint density at radius 2 is 2.05 bits per heavy atom. The largest absolute Gasteiger partial charge is 0.327 e. The molecule has 2 unspecified atom stereocenters. The van der Waals surface area contributed by atoms with Crippen molar-refractivity contribution in [2.24, 2.45) is 11.7 Å². The zero-order valence-corrected chi connectivity index (χ0v) is 11.3. The molecule has 1 aromatic rings. The molecule has 1 aliphatic carbocycles. The van der Waals surface area contributed by atoms with Gasteiger partial charge in [0.25, 0.3) is 0 Å². The van der Waals surface area contributed by atoms with Crippen molar-refractivity contribution in [1.82, 2.24) is 0 Å². The number of amides is 1. The number of benzene rings is 1.